The van der Waals surface area contributed by atoms with E-state index < -0.39 is 0 Å². The lowest BCUT2D eigenvalue weighted by Gasteiger charge is -2.19. The Bertz CT molecular complexity index is 253. The van der Waals surface area contributed by atoms with Gasteiger partial charge in [-0.15, -0.1) is 0 Å². The van der Waals surface area contributed by atoms with Gasteiger partial charge in [-0.05, 0) is 6.92 Å². The molecule has 5 heteroatoms. The average molecular weight is 259 g/mol. The second kappa shape index (κ2) is 10.0. The van der Waals surface area contributed by atoms with Crippen LogP contribution < -0.4 is 0 Å². The van der Waals surface area contributed by atoms with Gasteiger partial charge in [-0.3, -0.25) is 9.59 Å². The van der Waals surface area contributed by atoms with Crippen LogP contribution in [0.15, 0.2) is 0 Å². The van der Waals surface area contributed by atoms with Crippen LogP contribution in [0.4, 0.5) is 0 Å². The molecule has 0 aliphatic carbocycles. The van der Waals surface area contributed by atoms with Crippen molar-refractivity contribution in [1.82, 2.24) is 4.90 Å². The molecule has 0 radical (unpaired) electrons. The molecular formula is C13H25NO4. The molecule has 1 amide bonds. The standard InChI is InChI=1S/C13H25NO4/c1-11(2)13(16)14(4)6-8-18-10-9-17-7-5-12(3)15/h11H,5-10H2,1-4H3. The summed E-state index contributed by atoms with van der Waals surface area (Å²) in [4.78, 5) is 23.8. The van der Waals surface area contributed by atoms with Crippen molar-refractivity contribution < 1.29 is 19.1 Å². The molecule has 0 bridgehead atoms. The Labute approximate surface area is 109 Å². The molecule has 0 aliphatic heterocycles. The molecule has 106 valence electrons. The summed E-state index contributed by atoms with van der Waals surface area (Å²) in [6, 6.07) is 0. The van der Waals surface area contributed by atoms with Gasteiger partial charge in [0.15, 0.2) is 0 Å². The minimum atomic E-state index is 0.0184. The third-order valence-corrected chi connectivity index (χ3v) is 2.41. The Hall–Kier alpha value is -0.940. The number of amides is 1. The predicted molar refractivity (Wildman–Crippen MR) is 69.4 cm³/mol. The molecule has 0 aromatic rings. The number of hydrogen-bond acceptors (Lipinski definition) is 4. The Morgan fingerprint density at radius 3 is 2.11 bits per heavy atom. The van der Waals surface area contributed by atoms with Crippen LogP contribution in [-0.4, -0.2) is 56.6 Å². The quantitative estimate of drug-likeness (QED) is 0.552. The van der Waals surface area contributed by atoms with Crippen LogP contribution in [0.1, 0.15) is 27.2 Å². The number of likely N-dealkylation sites (N-methyl/N-ethyl adjacent to an activating group) is 1. The van der Waals surface area contributed by atoms with E-state index in [1.54, 1.807) is 18.9 Å². The zero-order valence-corrected chi connectivity index (χ0v) is 11.9. The fourth-order valence-electron chi connectivity index (χ4n) is 1.29. The maximum absolute atomic E-state index is 11.5. The fraction of sp³-hybridized carbons (Fsp3) is 0.846. The molecule has 0 unspecified atom stereocenters. The smallest absolute Gasteiger partial charge is 0.224 e. The van der Waals surface area contributed by atoms with E-state index >= 15 is 0 Å². The molecule has 0 aromatic carbocycles. The molecule has 0 fully saturated rings. The van der Waals surface area contributed by atoms with Gasteiger partial charge in [0.2, 0.25) is 5.91 Å². The summed E-state index contributed by atoms with van der Waals surface area (Å²) in [7, 11) is 1.77. The highest BCUT2D eigenvalue weighted by Gasteiger charge is 2.11. The third-order valence-electron chi connectivity index (χ3n) is 2.41. The largest absolute Gasteiger partial charge is 0.379 e. The summed E-state index contributed by atoms with van der Waals surface area (Å²) < 4.78 is 10.5. The molecule has 0 saturated heterocycles. The molecule has 0 N–H and O–H groups in total. The second-order valence-corrected chi connectivity index (χ2v) is 4.59. The van der Waals surface area contributed by atoms with E-state index in [4.69, 9.17) is 9.47 Å². The third kappa shape index (κ3) is 9.13. The lowest BCUT2D eigenvalue weighted by Crippen LogP contribution is -2.33. The van der Waals surface area contributed by atoms with Gasteiger partial charge in [0, 0.05) is 25.9 Å². The van der Waals surface area contributed by atoms with Crippen molar-refractivity contribution in [2.75, 3.05) is 40.0 Å². The second-order valence-electron chi connectivity index (χ2n) is 4.59. The van der Waals surface area contributed by atoms with Crippen molar-refractivity contribution in [3.8, 4) is 0 Å². The van der Waals surface area contributed by atoms with Gasteiger partial charge in [0.25, 0.3) is 0 Å². The van der Waals surface area contributed by atoms with Crippen LogP contribution in [-0.2, 0) is 19.1 Å². The summed E-state index contributed by atoms with van der Waals surface area (Å²) in [5.41, 5.74) is 0. The first-order valence-electron chi connectivity index (χ1n) is 6.35. The van der Waals surface area contributed by atoms with Gasteiger partial charge < -0.3 is 14.4 Å². The van der Waals surface area contributed by atoms with E-state index in [0.717, 1.165) is 0 Å². The Morgan fingerprint density at radius 2 is 1.61 bits per heavy atom. The van der Waals surface area contributed by atoms with Gasteiger partial charge in [0.1, 0.15) is 5.78 Å². The van der Waals surface area contributed by atoms with Crippen molar-refractivity contribution in [1.29, 1.82) is 0 Å². The van der Waals surface area contributed by atoms with Crippen LogP contribution in [0, 0.1) is 5.92 Å². The normalized spacial score (nSPS) is 10.7. The van der Waals surface area contributed by atoms with Crippen molar-refractivity contribution >= 4 is 11.7 Å². The van der Waals surface area contributed by atoms with E-state index in [9.17, 15) is 9.59 Å². The molecule has 0 rings (SSSR count). The molecule has 18 heavy (non-hydrogen) atoms. The summed E-state index contributed by atoms with van der Waals surface area (Å²) in [5, 5.41) is 0. The van der Waals surface area contributed by atoms with Crippen molar-refractivity contribution in [3.05, 3.63) is 0 Å². The molecule has 0 saturated carbocycles. The lowest BCUT2D eigenvalue weighted by molar-refractivity contribution is -0.133. The van der Waals surface area contributed by atoms with E-state index in [1.165, 1.54) is 0 Å². The first kappa shape index (κ1) is 17.1. The summed E-state index contributed by atoms with van der Waals surface area (Å²) >= 11 is 0. The zero-order valence-electron chi connectivity index (χ0n) is 11.9. The molecule has 0 spiro atoms. The highest BCUT2D eigenvalue weighted by atomic mass is 16.5. The number of ketones is 1. The summed E-state index contributed by atoms with van der Waals surface area (Å²) in [5.74, 6) is 0.269. The summed E-state index contributed by atoms with van der Waals surface area (Å²) in [6.45, 7) is 7.81. The maximum Gasteiger partial charge on any atom is 0.224 e. The SMILES string of the molecule is CC(=O)CCOCCOCCN(C)C(=O)C(C)C. The highest BCUT2D eigenvalue weighted by molar-refractivity contribution is 5.77. The van der Waals surface area contributed by atoms with Gasteiger partial charge in [0.05, 0.1) is 26.4 Å². The van der Waals surface area contributed by atoms with E-state index in [0.29, 0.717) is 39.4 Å². The van der Waals surface area contributed by atoms with E-state index in [-0.39, 0.29) is 17.6 Å². The molecule has 0 atom stereocenters. The minimum absolute atomic E-state index is 0.0184. The van der Waals surface area contributed by atoms with Crippen LogP contribution in [0.3, 0.4) is 0 Å². The average Bonchev–Trinajstić information content (AvgIpc) is 2.30. The number of carbonyl (C=O) groups is 2. The first-order valence-corrected chi connectivity index (χ1v) is 6.35. The van der Waals surface area contributed by atoms with Crippen LogP contribution >= 0.6 is 0 Å². The van der Waals surface area contributed by atoms with Gasteiger partial charge in [-0.2, -0.15) is 0 Å². The lowest BCUT2D eigenvalue weighted by atomic mass is 10.2. The molecule has 0 aromatic heterocycles. The number of Topliss-reactive ketones (excluding diaryl/α,β-unsaturated/α-hetero) is 1. The Kier molecular flexibility index (Phi) is 9.50. The predicted octanol–water partition coefficient (Wildman–Crippen LogP) is 1.11. The minimum Gasteiger partial charge on any atom is -0.379 e. The molecule has 0 heterocycles. The number of ether oxygens (including phenoxy) is 2. The van der Waals surface area contributed by atoms with E-state index in [2.05, 4.69) is 0 Å². The van der Waals surface area contributed by atoms with Crippen LogP contribution in [0.2, 0.25) is 0 Å². The molecule has 0 aliphatic rings. The van der Waals surface area contributed by atoms with Gasteiger partial charge in [-0.25, -0.2) is 0 Å². The van der Waals surface area contributed by atoms with Crippen LogP contribution in [0.5, 0.6) is 0 Å². The maximum atomic E-state index is 11.5. The van der Waals surface area contributed by atoms with E-state index in [1.807, 2.05) is 13.8 Å². The monoisotopic (exact) mass is 259 g/mol. The fourth-order valence-corrected chi connectivity index (χ4v) is 1.29. The van der Waals surface area contributed by atoms with Crippen molar-refractivity contribution in [3.63, 3.8) is 0 Å². The number of hydrogen-bond donors (Lipinski definition) is 0. The Morgan fingerprint density at radius 1 is 1.06 bits per heavy atom. The van der Waals surface area contributed by atoms with Gasteiger partial charge >= 0.3 is 0 Å². The Balaban J connectivity index is 3.35. The van der Waals surface area contributed by atoms with Gasteiger partial charge in [-0.1, -0.05) is 13.8 Å². The van der Waals surface area contributed by atoms with Crippen molar-refractivity contribution in [2.24, 2.45) is 5.92 Å². The number of rotatable bonds is 10. The number of carbonyl (C=O) groups excluding carboxylic acids is 2. The molecular weight excluding hydrogens is 234 g/mol. The molecule has 5 nitrogen and oxygen atoms in total. The topological polar surface area (TPSA) is 55.8 Å². The summed E-state index contributed by atoms with van der Waals surface area (Å²) in [6.07, 6.45) is 0.450. The van der Waals surface area contributed by atoms with Crippen molar-refractivity contribution in [2.45, 2.75) is 27.2 Å². The highest BCUT2D eigenvalue weighted by Crippen LogP contribution is 1.98. The number of nitrogens with zero attached hydrogens (tertiary/aromatic N) is 1. The zero-order chi connectivity index (χ0) is 14.0. The van der Waals surface area contributed by atoms with Crippen LogP contribution in [0.25, 0.3) is 0 Å². The first-order chi connectivity index (χ1) is 8.45.